The van der Waals surface area contributed by atoms with Crippen molar-refractivity contribution in [3.8, 4) is 0 Å². The number of hydrogen-bond donors (Lipinski definition) is 3. The smallest absolute Gasteiger partial charge is 0.292 e. The summed E-state index contributed by atoms with van der Waals surface area (Å²) in [5.74, 6) is 0.748. The van der Waals surface area contributed by atoms with Gasteiger partial charge in [0, 0.05) is 32.2 Å². The van der Waals surface area contributed by atoms with Crippen molar-refractivity contribution in [2.45, 2.75) is 18.9 Å². The molecule has 0 atom stereocenters. The van der Waals surface area contributed by atoms with Gasteiger partial charge in [0.05, 0.1) is 4.92 Å². The van der Waals surface area contributed by atoms with Gasteiger partial charge in [0.25, 0.3) is 5.69 Å². The Balaban J connectivity index is 0.00000264. The van der Waals surface area contributed by atoms with E-state index in [1.807, 2.05) is 0 Å². The van der Waals surface area contributed by atoms with Gasteiger partial charge in [-0.15, -0.1) is 24.0 Å². The maximum Gasteiger partial charge on any atom is 0.292 e. The number of aliphatic imine (C=N–C) groups is 1. The number of nitrogens with zero attached hydrogens (tertiary/aromatic N) is 2. The van der Waals surface area contributed by atoms with Crippen LogP contribution in [-0.2, 0) is 0 Å². The Hall–Kier alpha value is -1.84. The van der Waals surface area contributed by atoms with Crippen molar-refractivity contribution in [3.63, 3.8) is 0 Å². The van der Waals surface area contributed by atoms with Crippen molar-refractivity contribution in [1.29, 1.82) is 0 Å². The fourth-order valence-electron chi connectivity index (χ4n) is 2.28. The predicted molar refractivity (Wildman–Crippen MR) is 104 cm³/mol. The first kappa shape index (κ1) is 19.2. The molecule has 0 unspecified atom stereocenters. The van der Waals surface area contributed by atoms with Crippen LogP contribution in [0.15, 0.2) is 41.4 Å². The third kappa shape index (κ3) is 6.05. The number of para-hydroxylation sites is 2. The number of benzene rings is 1. The normalized spacial score (nSPS) is 14.2. The van der Waals surface area contributed by atoms with Crippen LogP contribution in [0.25, 0.3) is 0 Å². The van der Waals surface area contributed by atoms with Crippen molar-refractivity contribution in [3.05, 3.63) is 46.5 Å². The van der Waals surface area contributed by atoms with E-state index in [-0.39, 0.29) is 34.6 Å². The van der Waals surface area contributed by atoms with Gasteiger partial charge in [0.1, 0.15) is 5.69 Å². The van der Waals surface area contributed by atoms with Crippen LogP contribution in [0.5, 0.6) is 0 Å². The Morgan fingerprint density at radius 2 is 2.00 bits per heavy atom. The predicted octanol–water partition coefficient (Wildman–Crippen LogP) is 2.51. The molecule has 0 saturated carbocycles. The molecule has 2 rings (SSSR count). The number of nitrogens with one attached hydrogen (secondary N) is 3. The highest BCUT2D eigenvalue weighted by molar-refractivity contribution is 14.0. The first-order valence-corrected chi connectivity index (χ1v) is 7.30. The van der Waals surface area contributed by atoms with E-state index in [4.69, 9.17) is 0 Å². The quantitative estimate of drug-likeness (QED) is 0.123. The second kappa shape index (κ2) is 10.0. The first-order valence-electron chi connectivity index (χ1n) is 7.30. The summed E-state index contributed by atoms with van der Waals surface area (Å²) in [6.07, 6.45) is 6.33. The van der Waals surface area contributed by atoms with E-state index in [0.29, 0.717) is 24.8 Å². The number of guanidine groups is 1. The van der Waals surface area contributed by atoms with E-state index < -0.39 is 0 Å². The lowest BCUT2D eigenvalue weighted by atomic mass is 10.2. The molecule has 0 heterocycles. The van der Waals surface area contributed by atoms with Gasteiger partial charge in [-0.3, -0.25) is 15.1 Å². The molecular weight excluding hydrogens is 409 g/mol. The third-order valence-electron chi connectivity index (χ3n) is 3.41. The molecule has 0 radical (unpaired) electrons. The van der Waals surface area contributed by atoms with E-state index in [2.05, 4.69) is 33.1 Å². The van der Waals surface area contributed by atoms with Crippen LogP contribution in [0.1, 0.15) is 12.8 Å². The number of rotatable bonds is 6. The van der Waals surface area contributed by atoms with Gasteiger partial charge in [0.2, 0.25) is 0 Å². The van der Waals surface area contributed by atoms with E-state index >= 15 is 0 Å². The average Bonchev–Trinajstić information content (AvgIpc) is 3.03. The fourth-order valence-corrected chi connectivity index (χ4v) is 2.28. The largest absolute Gasteiger partial charge is 0.378 e. The molecule has 1 aromatic carbocycles. The maximum atomic E-state index is 10.9. The Kier molecular flexibility index (Phi) is 8.38. The molecule has 1 aliphatic carbocycles. The minimum absolute atomic E-state index is 0. The average molecular weight is 431 g/mol. The summed E-state index contributed by atoms with van der Waals surface area (Å²) in [6, 6.07) is 7.02. The van der Waals surface area contributed by atoms with Crippen LogP contribution in [0.2, 0.25) is 0 Å². The second-order valence-electron chi connectivity index (χ2n) is 4.98. The lowest BCUT2D eigenvalue weighted by Crippen LogP contribution is -2.43. The van der Waals surface area contributed by atoms with Crippen molar-refractivity contribution < 1.29 is 4.92 Å². The molecular formula is C15H22IN5O2. The summed E-state index contributed by atoms with van der Waals surface area (Å²) in [7, 11) is 1.73. The van der Waals surface area contributed by atoms with Crippen LogP contribution >= 0.6 is 24.0 Å². The van der Waals surface area contributed by atoms with Gasteiger partial charge in [-0.2, -0.15) is 0 Å². The van der Waals surface area contributed by atoms with Crippen LogP contribution in [0, 0.1) is 10.1 Å². The van der Waals surface area contributed by atoms with Gasteiger partial charge in [-0.05, 0) is 18.9 Å². The number of nitro groups is 1. The SMILES string of the molecule is CN=C(NCCNc1ccccc1[N+](=O)[O-])NC1CC=CC1.I. The Labute approximate surface area is 152 Å². The van der Waals surface area contributed by atoms with E-state index in [0.717, 1.165) is 18.8 Å². The minimum Gasteiger partial charge on any atom is -0.378 e. The Bertz CT molecular complexity index is 569. The standard InChI is InChI=1S/C15H21N5O2.HI/c1-16-15(19-12-6-2-3-7-12)18-11-10-17-13-8-4-5-9-14(13)20(21)22;/h2-5,8-9,12,17H,6-7,10-11H2,1H3,(H2,16,18,19);1H. The number of anilines is 1. The summed E-state index contributed by atoms with van der Waals surface area (Å²) < 4.78 is 0. The van der Waals surface area contributed by atoms with Crippen LogP contribution in [0.4, 0.5) is 11.4 Å². The van der Waals surface area contributed by atoms with Gasteiger partial charge in [-0.1, -0.05) is 24.3 Å². The molecule has 1 aromatic rings. The first-order chi connectivity index (χ1) is 10.7. The molecule has 0 amide bonds. The zero-order chi connectivity index (χ0) is 15.8. The van der Waals surface area contributed by atoms with Crippen molar-refractivity contribution >= 4 is 41.3 Å². The molecule has 0 spiro atoms. The van der Waals surface area contributed by atoms with Gasteiger partial charge in [0.15, 0.2) is 5.96 Å². The Morgan fingerprint density at radius 1 is 1.30 bits per heavy atom. The highest BCUT2D eigenvalue weighted by atomic mass is 127. The molecule has 0 fully saturated rings. The van der Waals surface area contributed by atoms with E-state index in [9.17, 15) is 10.1 Å². The summed E-state index contributed by atoms with van der Waals surface area (Å²) >= 11 is 0. The molecule has 126 valence electrons. The molecule has 7 nitrogen and oxygen atoms in total. The van der Waals surface area contributed by atoms with Crippen LogP contribution in [0.3, 0.4) is 0 Å². The van der Waals surface area contributed by atoms with E-state index in [1.54, 1.807) is 25.2 Å². The highest BCUT2D eigenvalue weighted by Crippen LogP contribution is 2.22. The molecule has 0 saturated heterocycles. The fraction of sp³-hybridized carbons (Fsp3) is 0.400. The molecule has 3 N–H and O–H groups in total. The lowest BCUT2D eigenvalue weighted by Gasteiger charge is -2.17. The van der Waals surface area contributed by atoms with E-state index in [1.165, 1.54) is 6.07 Å². The van der Waals surface area contributed by atoms with Crippen LogP contribution in [-0.4, -0.2) is 37.1 Å². The zero-order valence-corrected chi connectivity index (χ0v) is 15.3. The van der Waals surface area contributed by atoms with Crippen molar-refractivity contribution in [2.24, 2.45) is 4.99 Å². The zero-order valence-electron chi connectivity index (χ0n) is 13.0. The lowest BCUT2D eigenvalue weighted by molar-refractivity contribution is -0.384. The van der Waals surface area contributed by atoms with Gasteiger partial charge < -0.3 is 16.0 Å². The summed E-state index contributed by atoms with van der Waals surface area (Å²) in [6.45, 7) is 1.18. The molecule has 23 heavy (non-hydrogen) atoms. The number of nitro benzene ring substituents is 1. The molecule has 1 aliphatic rings. The van der Waals surface area contributed by atoms with Crippen molar-refractivity contribution in [1.82, 2.24) is 10.6 Å². The van der Waals surface area contributed by atoms with Gasteiger partial charge in [-0.25, -0.2) is 0 Å². The molecule has 8 heteroatoms. The van der Waals surface area contributed by atoms with Crippen molar-refractivity contribution in [2.75, 3.05) is 25.5 Å². The monoisotopic (exact) mass is 431 g/mol. The molecule has 0 aliphatic heterocycles. The maximum absolute atomic E-state index is 10.9. The minimum atomic E-state index is -0.386. The van der Waals surface area contributed by atoms with Crippen LogP contribution < -0.4 is 16.0 Å². The topological polar surface area (TPSA) is 91.6 Å². The molecule has 0 bridgehead atoms. The summed E-state index contributed by atoms with van der Waals surface area (Å²) in [4.78, 5) is 14.7. The summed E-state index contributed by atoms with van der Waals surface area (Å²) in [5.41, 5.74) is 0.610. The molecule has 0 aromatic heterocycles. The van der Waals surface area contributed by atoms with Gasteiger partial charge >= 0.3 is 0 Å². The summed E-state index contributed by atoms with van der Waals surface area (Å²) in [5, 5.41) is 20.5. The highest BCUT2D eigenvalue weighted by Gasteiger charge is 2.12. The third-order valence-corrected chi connectivity index (χ3v) is 3.41. The number of hydrogen-bond acceptors (Lipinski definition) is 4. The number of halogens is 1. The Morgan fingerprint density at radius 3 is 2.65 bits per heavy atom. The second-order valence-corrected chi connectivity index (χ2v) is 4.98.